The molecule has 0 atom stereocenters. The quantitative estimate of drug-likeness (QED) is 0.650. The van der Waals surface area contributed by atoms with Crippen LogP contribution in [0.5, 0.6) is 5.75 Å². The third-order valence-corrected chi connectivity index (χ3v) is 4.28. The number of carbonyl (C=O) groups excluding carboxylic acids is 1. The average molecular weight is 391 g/mol. The summed E-state index contributed by atoms with van der Waals surface area (Å²) in [5.74, 6) is 0.592. The lowest BCUT2D eigenvalue weighted by atomic mass is 10.2. The molecule has 3 rings (SSSR count). The number of amides is 1. The first-order chi connectivity index (χ1) is 12.5. The summed E-state index contributed by atoms with van der Waals surface area (Å²) < 4.78 is 9.41. The summed E-state index contributed by atoms with van der Waals surface area (Å²) in [5, 5.41) is 4.02. The second kappa shape index (κ2) is 8.25. The Bertz CT molecular complexity index is 907. The maximum Gasteiger partial charge on any atom is 0.266 e. The van der Waals surface area contributed by atoms with Gasteiger partial charge in [0.1, 0.15) is 24.8 Å². The second-order valence-corrected chi connectivity index (χ2v) is 6.69. The Balaban J connectivity index is 1.53. The predicted molar refractivity (Wildman–Crippen MR) is 101 cm³/mol. The van der Waals surface area contributed by atoms with Crippen molar-refractivity contribution in [3.63, 3.8) is 0 Å². The van der Waals surface area contributed by atoms with Gasteiger partial charge in [-0.3, -0.25) is 4.79 Å². The maximum absolute atomic E-state index is 12.1. The van der Waals surface area contributed by atoms with Crippen molar-refractivity contribution in [3.8, 4) is 5.75 Å². The van der Waals surface area contributed by atoms with Crippen molar-refractivity contribution < 1.29 is 14.1 Å². The van der Waals surface area contributed by atoms with Gasteiger partial charge in [0, 0.05) is 21.3 Å². The lowest BCUT2D eigenvalue weighted by Crippen LogP contribution is -2.25. The van der Waals surface area contributed by atoms with E-state index in [-0.39, 0.29) is 12.5 Å². The third-order valence-electron chi connectivity index (χ3n) is 3.70. The summed E-state index contributed by atoms with van der Waals surface area (Å²) in [6.07, 6.45) is 5.57. The van der Waals surface area contributed by atoms with Gasteiger partial charge in [0.2, 0.25) is 6.33 Å². The highest BCUT2D eigenvalue weighted by Crippen LogP contribution is 2.23. The number of ether oxygens (including phenoxy) is 1. The van der Waals surface area contributed by atoms with Crippen LogP contribution in [0.3, 0.4) is 0 Å². The smallest absolute Gasteiger partial charge is 0.266 e. The number of aromatic nitrogens is 2. The van der Waals surface area contributed by atoms with E-state index in [1.165, 1.54) is 0 Å². The van der Waals surface area contributed by atoms with Crippen LogP contribution in [0.1, 0.15) is 5.56 Å². The largest absolute Gasteiger partial charge is 0.489 e. The normalized spacial score (nSPS) is 10.6. The van der Waals surface area contributed by atoms with Crippen LogP contribution in [-0.2, 0) is 25.0 Å². The van der Waals surface area contributed by atoms with E-state index >= 15 is 0 Å². The molecule has 0 aliphatic carbocycles. The highest BCUT2D eigenvalue weighted by Gasteiger charge is 2.08. The molecule has 0 aliphatic rings. The zero-order valence-corrected chi connectivity index (χ0v) is 15.7. The van der Waals surface area contributed by atoms with E-state index in [0.717, 1.165) is 5.56 Å². The molecule has 0 spiro atoms. The van der Waals surface area contributed by atoms with Crippen molar-refractivity contribution in [1.29, 1.82) is 0 Å². The van der Waals surface area contributed by atoms with Crippen LogP contribution >= 0.6 is 23.2 Å². The number of anilines is 1. The molecule has 0 radical (unpaired) electrons. The molecule has 0 unspecified atom stereocenters. The van der Waals surface area contributed by atoms with Crippen molar-refractivity contribution in [2.24, 2.45) is 7.05 Å². The lowest BCUT2D eigenvalue weighted by Gasteiger charge is -2.09. The number of rotatable bonds is 6. The predicted octanol–water partition coefficient (Wildman–Crippen LogP) is 3.84. The summed E-state index contributed by atoms with van der Waals surface area (Å²) in [6.45, 7) is 0.598. The standard InChI is InChI=1S/C19H17Cl2N3O2/c1-23-8-9-24(13-23)11-19(25)22-16-4-6-17(7-5-16)26-12-14-2-3-15(20)10-18(14)21/h2-10,13H,11-12H2,1H3/p+1. The topological polar surface area (TPSA) is 47.1 Å². The lowest BCUT2D eigenvalue weighted by molar-refractivity contribution is -0.671. The van der Waals surface area contributed by atoms with E-state index in [9.17, 15) is 4.79 Å². The summed E-state index contributed by atoms with van der Waals surface area (Å²) in [6, 6.07) is 12.5. The number of nitrogens with one attached hydrogen (secondary N) is 1. The number of imidazole rings is 1. The molecule has 0 fully saturated rings. The number of carbonyl (C=O) groups is 1. The first-order valence-corrected chi connectivity index (χ1v) is 8.73. The van der Waals surface area contributed by atoms with Gasteiger partial charge in [0.25, 0.3) is 5.91 Å². The number of hydrogen-bond acceptors (Lipinski definition) is 2. The molecule has 5 nitrogen and oxygen atoms in total. The van der Waals surface area contributed by atoms with Gasteiger partial charge in [0.05, 0.1) is 7.05 Å². The monoisotopic (exact) mass is 390 g/mol. The van der Waals surface area contributed by atoms with E-state index in [4.69, 9.17) is 27.9 Å². The van der Waals surface area contributed by atoms with Crippen LogP contribution in [0.2, 0.25) is 10.0 Å². The van der Waals surface area contributed by atoms with Crippen LogP contribution in [0.15, 0.2) is 61.2 Å². The van der Waals surface area contributed by atoms with Crippen LogP contribution < -0.4 is 14.6 Å². The maximum atomic E-state index is 12.1. The fourth-order valence-electron chi connectivity index (χ4n) is 2.40. The Labute approximate surface area is 161 Å². The van der Waals surface area contributed by atoms with Gasteiger partial charge in [-0.25, -0.2) is 9.13 Å². The molecule has 1 aromatic heterocycles. The van der Waals surface area contributed by atoms with E-state index in [0.29, 0.717) is 28.1 Å². The minimum absolute atomic E-state index is 0.0946. The molecule has 0 aliphatic heterocycles. The molecule has 2 aromatic carbocycles. The van der Waals surface area contributed by atoms with Crippen molar-refractivity contribution in [3.05, 3.63) is 76.8 Å². The zero-order chi connectivity index (χ0) is 18.5. The number of aryl methyl sites for hydroxylation is 1. The van der Waals surface area contributed by atoms with Gasteiger partial charge in [0.15, 0.2) is 6.54 Å². The molecular formula is C19H18Cl2N3O2+. The van der Waals surface area contributed by atoms with E-state index in [1.54, 1.807) is 36.4 Å². The minimum atomic E-state index is -0.0946. The Morgan fingerprint density at radius 1 is 1.19 bits per heavy atom. The van der Waals surface area contributed by atoms with E-state index < -0.39 is 0 Å². The average Bonchev–Trinajstić information content (AvgIpc) is 3.00. The fourth-order valence-corrected chi connectivity index (χ4v) is 2.86. The SMILES string of the molecule is C[n+]1ccn(CC(=O)Nc2ccc(OCc3ccc(Cl)cc3Cl)cc2)c1. The van der Waals surface area contributed by atoms with Gasteiger partial charge in [-0.1, -0.05) is 29.3 Å². The minimum Gasteiger partial charge on any atom is -0.489 e. The van der Waals surface area contributed by atoms with Crippen molar-refractivity contribution in [2.75, 3.05) is 5.32 Å². The Morgan fingerprint density at radius 3 is 2.62 bits per heavy atom. The summed E-state index contributed by atoms with van der Waals surface area (Å²) >= 11 is 12.0. The molecule has 7 heteroatoms. The van der Waals surface area contributed by atoms with Crippen molar-refractivity contribution in [1.82, 2.24) is 4.57 Å². The Kier molecular flexibility index (Phi) is 5.81. The van der Waals surface area contributed by atoms with Crippen molar-refractivity contribution >= 4 is 34.8 Å². The first kappa shape index (κ1) is 18.3. The van der Waals surface area contributed by atoms with Gasteiger partial charge >= 0.3 is 0 Å². The van der Waals surface area contributed by atoms with E-state index in [1.807, 2.05) is 41.0 Å². The third kappa shape index (κ3) is 5.00. The molecule has 3 aromatic rings. The number of halogens is 2. The van der Waals surface area contributed by atoms with E-state index in [2.05, 4.69) is 5.32 Å². The molecule has 0 saturated carbocycles. The van der Waals surface area contributed by atoms with Gasteiger partial charge in [-0.2, -0.15) is 0 Å². The molecular weight excluding hydrogens is 373 g/mol. The molecule has 26 heavy (non-hydrogen) atoms. The fraction of sp³-hybridized carbons (Fsp3) is 0.158. The zero-order valence-electron chi connectivity index (χ0n) is 14.2. The van der Waals surface area contributed by atoms with Crippen LogP contribution in [0, 0.1) is 0 Å². The number of nitrogens with zero attached hydrogens (tertiary/aromatic N) is 2. The van der Waals surface area contributed by atoms with Crippen molar-refractivity contribution in [2.45, 2.75) is 13.2 Å². The van der Waals surface area contributed by atoms with Crippen LogP contribution in [0.4, 0.5) is 5.69 Å². The van der Waals surface area contributed by atoms with Gasteiger partial charge in [-0.05, 0) is 36.4 Å². The highest BCUT2D eigenvalue weighted by molar-refractivity contribution is 6.35. The molecule has 1 amide bonds. The second-order valence-electron chi connectivity index (χ2n) is 5.85. The first-order valence-electron chi connectivity index (χ1n) is 7.97. The van der Waals surface area contributed by atoms with Gasteiger partial charge < -0.3 is 10.1 Å². The molecule has 0 bridgehead atoms. The van der Waals surface area contributed by atoms with Crippen LogP contribution in [0.25, 0.3) is 0 Å². The summed E-state index contributed by atoms with van der Waals surface area (Å²) in [4.78, 5) is 12.1. The Morgan fingerprint density at radius 2 is 1.96 bits per heavy atom. The molecule has 0 saturated heterocycles. The molecule has 134 valence electrons. The summed E-state index contributed by atoms with van der Waals surface area (Å²) in [5.41, 5.74) is 1.57. The number of hydrogen-bond donors (Lipinski definition) is 1. The Hall–Kier alpha value is -2.50. The molecule has 1 N–H and O–H groups in total. The van der Waals surface area contributed by atoms with Gasteiger partial charge in [-0.15, -0.1) is 0 Å². The van der Waals surface area contributed by atoms with Crippen LogP contribution in [-0.4, -0.2) is 10.5 Å². The summed E-state index contributed by atoms with van der Waals surface area (Å²) in [7, 11) is 1.91. The molecule has 1 heterocycles. The number of benzene rings is 2. The highest BCUT2D eigenvalue weighted by atomic mass is 35.5.